The van der Waals surface area contributed by atoms with Crippen molar-refractivity contribution in [1.82, 2.24) is 10.8 Å². The maximum absolute atomic E-state index is 12.2. The minimum atomic E-state index is -0.839. The topological polar surface area (TPSA) is 112 Å². The summed E-state index contributed by atoms with van der Waals surface area (Å²) in [5, 5.41) is 2.61. The first-order chi connectivity index (χ1) is 18.7. The molecule has 39 heavy (non-hydrogen) atoms. The first-order valence-electron chi connectivity index (χ1n) is 12.7. The summed E-state index contributed by atoms with van der Waals surface area (Å²) < 4.78 is 16.1. The quantitative estimate of drug-likeness (QED) is 0.235. The van der Waals surface area contributed by atoms with Crippen LogP contribution in [0.25, 0.3) is 11.1 Å². The first-order valence-corrected chi connectivity index (χ1v) is 12.7. The van der Waals surface area contributed by atoms with Crippen molar-refractivity contribution in [2.75, 3.05) is 19.8 Å². The Balaban J connectivity index is 1.16. The normalized spacial score (nSPS) is 12.1. The van der Waals surface area contributed by atoms with E-state index >= 15 is 0 Å². The third kappa shape index (κ3) is 7.73. The molecule has 9 heteroatoms. The molecule has 1 aliphatic rings. The van der Waals surface area contributed by atoms with Crippen LogP contribution in [0.1, 0.15) is 43.4 Å². The van der Waals surface area contributed by atoms with Crippen molar-refractivity contribution in [2.45, 2.75) is 38.7 Å². The van der Waals surface area contributed by atoms with Crippen molar-refractivity contribution in [1.29, 1.82) is 0 Å². The van der Waals surface area contributed by atoms with Gasteiger partial charge in [-0.3, -0.25) is 0 Å². The number of alkyl carbamates (subject to hydrolysis) is 1. The average molecular weight is 533 g/mol. The molecule has 0 saturated heterocycles. The number of hydroxylamine groups is 1. The lowest BCUT2D eigenvalue weighted by molar-refractivity contribution is -0.148. The molecule has 0 unspecified atom stereocenters. The Bertz CT molecular complexity index is 1270. The molecule has 0 heterocycles. The summed E-state index contributed by atoms with van der Waals surface area (Å²) in [5.41, 5.74) is 6.62. The van der Waals surface area contributed by atoms with Crippen LogP contribution in [0.2, 0.25) is 0 Å². The van der Waals surface area contributed by atoms with Crippen LogP contribution in [0, 0.1) is 0 Å². The molecule has 0 aliphatic heterocycles. The van der Waals surface area contributed by atoms with Crippen molar-refractivity contribution in [3.63, 3.8) is 0 Å². The van der Waals surface area contributed by atoms with Crippen LogP contribution < -0.4 is 15.5 Å². The number of hydrogen-bond donors (Lipinski definition) is 2. The van der Waals surface area contributed by atoms with Crippen LogP contribution in [-0.4, -0.2) is 43.5 Å². The monoisotopic (exact) mass is 532 g/mol. The minimum absolute atomic E-state index is 0.0515. The van der Waals surface area contributed by atoms with Gasteiger partial charge in [0.1, 0.15) is 24.6 Å². The van der Waals surface area contributed by atoms with Crippen molar-refractivity contribution in [2.24, 2.45) is 0 Å². The maximum atomic E-state index is 12.2. The molecule has 0 spiro atoms. The van der Waals surface area contributed by atoms with E-state index < -0.39 is 23.8 Å². The summed E-state index contributed by atoms with van der Waals surface area (Å²) in [5.74, 6) is -0.152. The van der Waals surface area contributed by atoms with E-state index in [4.69, 9.17) is 19.0 Å². The smallest absolute Gasteiger partial charge is 0.440 e. The van der Waals surface area contributed by atoms with Crippen molar-refractivity contribution in [3.05, 3.63) is 89.5 Å². The van der Waals surface area contributed by atoms with Gasteiger partial charge in [0.25, 0.3) is 0 Å². The zero-order chi connectivity index (χ0) is 27.8. The SMILES string of the molecule is CC(C)(C)OC(=O)NCCOc1ccc(CC(=O)ONC(=O)OCC2c3ccccc3-c3ccccc32)cc1. The van der Waals surface area contributed by atoms with Crippen molar-refractivity contribution >= 4 is 18.2 Å². The molecule has 204 valence electrons. The summed E-state index contributed by atoms with van der Waals surface area (Å²) >= 11 is 0. The summed E-state index contributed by atoms with van der Waals surface area (Å²) in [4.78, 5) is 40.9. The molecule has 4 rings (SSSR count). The van der Waals surface area contributed by atoms with Gasteiger partial charge in [-0.1, -0.05) is 60.7 Å². The first kappa shape index (κ1) is 27.5. The highest BCUT2D eigenvalue weighted by molar-refractivity contribution is 5.79. The van der Waals surface area contributed by atoms with E-state index in [9.17, 15) is 14.4 Å². The number of carbonyl (C=O) groups is 3. The summed E-state index contributed by atoms with van der Waals surface area (Å²) in [6.45, 7) is 6.02. The Kier molecular flexibility index (Phi) is 8.70. The van der Waals surface area contributed by atoms with Gasteiger partial charge in [0.05, 0.1) is 13.0 Å². The highest BCUT2D eigenvalue weighted by atomic mass is 16.7. The number of nitrogens with one attached hydrogen (secondary N) is 2. The second kappa shape index (κ2) is 12.3. The highest BCUT2D eigenvalue weighted by Crippen LogP contribution is 2.44. The summed E-state index contributed by atoms with van der Waals surface area (Å²) in [6, 6.07) is 22.9. The number of hydrogen-bond acceptors (Lipinski definition) is 7. The fraction of sp³-hybridized carbons (Fsp3) is 0.300. The van der Waals surface area contributed by atoms with E-state index in [1.807, 2.05) is 36.4 Å². The lowest BCUT2D eigenvalue weighted by Gasteiger charge is -2.19. The molecule has 9 nitrogen and oxygen atoms in total. The Labute approximate surface area is 227 Å². The van der Waals surface area contributed by atoms with E-state index in [1.165, 1.54) is 0 Å². The molecule has 0 fully saturated rings. The van der Waals surface area contributed by atoms with Gasteiger partial charge in [-0.2, -0.15) is 0 Å². The van der Waals surface area contributed by atoms with E-state index in [0.717, 1.165) is 22.3 Å². The van der Waals surface area contributed by atoms with E-state index in [1.54, 1.807) is 45.0 Å². The second-order valence-electron chi connectivity index (χ2n) is 10.00. The molecule has 3 aromatic rings. The predicted molar refractivity (Wildman–Crippen MR) is 144 cm³/mol. The van der Waals surface area contributed by atoms with Gasteiger partial charge < -0.3 is 24.4 Å². The van der Waals surface area contributed by atoms with Gasteiger partial charge in [0.15, 0.2) is 0 Å². The summed E-state index contributed by atoms with van der Waals surface area (Å²) in [6.07, 6.45) is -1.40. The fourth-order valence-corrected chi connectivity index (χ4v) is 4.27. The Morgan fingerprint density at radius 3 is 2.05 bits per heavy atom. The van der Waals surface area contributed by atoms with Crippen LogP contribution in [0.3, 0.4) is 0 Å². The van der Waals surface area contributed by atoms with Crippen LogP contribution in [0.5, 0.6) is 5.75 Å². The zero-order valence-corrected chi connectivity index (χ0v) is 22.2. The van der Waals surface area contributed by atoms with Crippen LogP contribution >= 0.6 is 0 Å². The third-order valence-corrected chi connectivity index (χ3v) is 5.90. The van der Waals surface area contributed by atoms with Gasteiger partial charge in [0.2, 0.25) is 0 Å². The Morgan fingerprint density at radius 1 is 0.821 bits per heavy atom. The van der Waals surface area contributed by atoms with Gasteiger partial charge in [-0.05, 0) is 60.7 Å². The largest absolute Gasteiger partial charge is 0.492 e. The number of benzene rings is 3. The number of amides is 2. The molecule has 0 atom stereocenters. The molecule has 1 aliphatic carbocycles. The fourth-order valence-electron chi connectivity index (χ4n) is 4.27. The lowest BCUT2D eigenvalue weighted by atomic mass is 9.98. The molecule has 0 saturated carbocycles. The third-order valence-electron chi connectivity index (χ3n) is 5.90. The Hall–Kier alpha value is -4.53. The standard InChI is InChI=1S/C30H32N2O7/c1-30(2,3)38-28(34)31-16-17-36-21-14-12-20(13-15-21)18-27(33)39-32-29(35)37-19-26-24-10-6-4-8-22(24)23-9-5-7-11-25(23)26/h4-15,26H,16-19H2,1-3H3,(H,31,34)(H,32,35). The summed E-state index contributed by atoms with van der Waals surface area (Å²) in [7, 11) is 0. The molecule has 0 bridgehead atoms. The lowest BCUT2D eigenvalue weighted by Crippen LogP contribution is -2.34. The van der Waals surface area contributed by atoms with Crippen LogP contribution in [0.15, 0.2) is 72.8 Å². The second-order valence-corrected chi connectivity index (χ2v) is 10.00. The highest BCUT2D eigenvalue weighted by Gasteiger charge is 2.29. The molecular weight excluding hydrogens is 500 g/mol. The van der Waals surface area contributed by atoms with Gasteiger partial charge in [0, 0.05) is 5.92 Å². The van der Waals surface area contributed by atoms with E-state index in [2.05, 4.69) is 22.9 Å². The molecule has 0 aromatic heterocycles. The van der Waals surface area contributed by atoms with E-state index in [0.29, 0.717) is 11.3 Å². The number of rotatable bonds is 8. The van der Waals surface area contributed by atoms with Gasteiger partial charge in [-0.25, -0.2) is 14.4 Å². The zero-order valence-electron chi connectivity index (χ0n) is 22.2. The number of ether oxygens (including phenoxy) is 3. The van der Waals surface area contributed by atoms with Gasteiger partial charge >= 0.3 is 18.2 Å². The minimum Gasteiger partial charge on any atom is -0.492 e. The molecule has 2 N–H and O–H groups in total. The van der Waals surface area contributed by atoms with Crippen LogP contribution in [0.4, 0.5) is 9.59 Å². The molecule has 0 radical (unpaired) electrons. The molecule has 2 amide bonds. The number of carbonyl (C=O) groups excluding carboxylic acids is 3. The maximum Gasteiger partial charge on any atom is 0.440 e. The van der Waals surface area contributed by atoms with Crippen molar-refractivity contribution in [3.8, 4) is 16.9 Å². The van der Waals surface area contributed by atoms with E-state index in [-0.39, 0.29) is 32.1 Å². The van der Waals surface area contributed by atoms with Crippen LogP contribution in [-0.2, 0) is 25.5 Å². The van der Waals surface area contributed by atoms with Crippen molar-refractivity contribution < 1.29 is 33.4 Å². The predicted octanol–water partition coefficient (Wildman–Crippen LogP) is 5.13. The Morgan fingerprint density at radius 2 is 1.44 bits per heavy atom. The van der Waals surface area contributed by atoms with Gasteiger partial charge in [-0.15, -0.1) is 5.48 Å². The average Bonchev–Trinajstić information content (AvgIpc) is 3.22. The molecular formula is C30H32N2O7. The number of fused-ring (bicyclic) bond motifs is 3. The molecule has 3 aromatic carbocycles.